The topological polar surface area (TPSA) is 35.2 Å². The summed E-state index contributed by atoms with van der Waals surface area (Å²) in [6.07, 6.45) is 0. The van der Waals surface area contributed by atoms with Crippen LogP contribution in [0.2, 0.25) is 0 Å². The van der Waals surface area contributed by atoms with Crippen LogP contribution in [0, 0.1) is 0 Å². The van der Waals surface area contributed by atoms with Gasteiger partial charge in [-0.2, -0.15) is 0 Å². The van der Waals surface area contributed by atoms with Crippen molar-refractivity contribution in [2.24, 2.45) is 0 Å². The number of methoxy groups -OCH3 is 1. The van der Waals surface area contributed by atoms with Gasteiger partial charge in [0.05, 0.1) is 7.11 Å². The molecular weight excluding hydrogens is 125 g/mol. The molecule has 0 saturated carbocycles. The van der Waals surface area contributed by atoms with Gasteiger partial charge in [-0.3, -0.25) is 0 Å². The van der Waals surface area contributed by atoms with Crippen LogP contribution in [0.5, 0.6) is 5.75 Å². The lowest BCUT2D eigenvalue weighted by atomic mass is 10.3. The van der Waals surface area contributed by atoms with Gasteiger partial charge in [-0.15, -0.1) is 0 Å². The average Bonchev–Trinajstić information content (AvgIpc) is 1.88. The number of anilines is 1. The van der Waals surface area contributed by atoms with Crippen molar-refractivity contribution in [2.75, 3.05) is 12.8 Å². The van der Waals surface area contributed by atoms with Crippen LogP contribution in [0.25, 0.3) is 0 Å². The first kappa shape index (κ1) is 8.88. The molecular formula is C7H9BNO. The molecule has 0 aliphatic carbocycles. The lowest BCUT2D eigenvalue weighted by Gasteiger charge is -1.97. The fourth-order valence-electron chi connectivity index (χ4n) is 0.642. The second-order valence-corrected chi connectivity index (χ2v) is 1.78. The molecule has 0 amide bonds. The van der Waals surface area contributed by atoms with Gasteiger partial charge in [0.15, 0.2) is 0 Å². The molecule has 2 N–H and O–H groups in total. The van der Waals surface area contributed by atoms with Gasteiger partial charge in [0.2, 0.25) is 0 Å². The monoisotopic (exact) mass is 134 g/mol. The molecule has 3 heteroatoms. The summed E-state index contributed by atoms with van der Waals surface area (Å²) < 4.78 is 4.92. The van der Waals surface area contributed by atoms with Crippen molar-refractivity contribution in [3.05, 3.63) is 24.3 Å². The molecule has 1 aromatic carbocycles. The van der Waals surface area contributed by atoms with Crippen molar-refractivity contribution >= 4 is 14.1 Å². The lowest BCUT2D eigenvalue weighted by molar-refractivity contribution is 0.415. The summed E-state index contributed by atoms with van der Waals surface area (Å²) in [5.41, 5.74) is 6.19. The summed E-state index contributed by atoms with van der Waals surface area (Å²) in [6.45, 7) is 0. The number of hydrogen-bond donors (Lipinski definition) is 1. The summed E-state index contributed by atoms with van der Waals surface area (Å²) in [5, 5.41) is 0. The van der Waals surface area contributed by atoms with E-state index in [0.29, 0.717) is 0 Å². The maximum atomic E-state index is 5.45. The van der Waals surface area contributed by atoms with E-state index in [1.807, 2.05) is 18.2 Å². The van der Waals surface area contributed by atoms with Crippen LogP contribution in [-0.4, -0.2) is 15.5 Å². The van der Waals surface area contributed by atoms with E-state index in [-0.39, 0.29) is 8.41 Å². The highest BCUT2D eigenvalue weighted by Gasteiger charge is 1.87. The molecule has 1 aromatic rings. The predicted molar refractivity (Wildman–Crippen MR) is 43.2 cm³/mol. The molecule has 1 rings (SSSR count). The molecule has 0 atom stereocenters. The third kappa shape index (κ3) is 2.01. The molecule has 0 heterocycles. The van der Waals surface area contributed by atoms with Crippen LogP contribution < -0.4 is 10.5 Å². The van der Waals surface area contributed by atoms with Crippen LogP contribution in [0.15, 0.2) is 24.3 Å². The molecule has 0 spiro atoms. The largest absolute Gasteiger partial charge is 0.497 e. The Balaban J connectivity index is 0.000000810. The molecule has 0 bridgehead atoms. The highest BCUT2D eigenvalue weighted by atomic mass is 16.5. The minimum Gasteiger partial charge on any atom is -0.497 e. The van der Waals surface area contributed by atoms with Gasteiger partial charge in [0.1, 0.15) is 5.75 Å². The second-order valence-electron chi connectivity index (χ2n) is 1.78. The maximum absolute atomic E-state index is 5.45. The Hall–Kier alpha value is -1.12. The van der Waals surface area contributed by atoms with Crippen molar-refractivity contribution < 1.29 is 4.74 Å². The Bertz CT molecular complexity index is 203. The Morgan fingerprint density at radius 1 is 1.40 bits per heavy atom. The fraction of sp³-hybridized carbons (Fsp3) is 0.143. The summed E-state index contributed by atoms with van der Waals surface area (Å²) in [6, 6.07) is 7.31. The van der Waals surface area contributed by atoms with Crippen molar-refractivity contribution in [1.29, 1.82) is 0 Å². The molecule has 10 heavy (non-hydrogen) atoms. The van der Waals surface area contributed by atoms with Crippen molar-refractivity contribution in [2.45, 2.75) is 0 Å². The summed E-state index contributed by atoms with van der Waals surface area (Å²) in [4.78, 5) is 0. The minimum absolute atomic E-state index is 0. The maximum Gasteiger partial charge on any atom is 0.120 e. The van der Waals surface area contributed by atoms with Crippen molar-refractivity contribution in [3.8, 4) is 5.75 Å². The third-order valence-electron chi connectivity index (χ3n) is 1.09. The number of benzene rings is 1. The molecule has 0 saturated heterocycles. The molecule has 0 aliphatic heterocycles. The average molecular weight is 134 g/mol. The minimum atomic E-state index is 0. The summed E-state index contributed by atoms with van der Waals surface area (Å²) in [7, 11) is 1.62. The van der Waals surface area contributed by atoms with Gasteiger partial charge in [0, 0.05) is 20.2 Å². The van der Waals surface area contributed by atoms with Crippen LogP contribution in [-0.2, 0) is 0 Å². The standard InChI is InChI=1S/C7H9NO.B/c1-9-7-4-2-3-6(8)5-7;/h2-5H,8H2,1H3;. The van der Waals surface area contributed by atoms with Crippen LogP contribution >= 0.6 is 0 Å². The van der Waals surface area contributed by atoms with E-state index in [4.69, 9.17) is 10.5 Å². The molecule has 51 valence electrons. The van der Waals surface area contributed by atoms with Gasteiger partial charge in [-0.1, -0.05) is 6.07 Å². The lowest BCUT2D eigenvalue weighted by Crippen LogP contribution is -1.86. The van der Waals surface area contributed by atoms with Crippen LogP contribution in [0.4, 0.5) is 5.69 Å². The SMILES string of the molecule is COc1cccc(N)c1.[B]. The van der Waals surface area contributed by atoms with Crippen LogP contribution in [0.3, 0.4) is 0 Å². The molecule has 0 aromatic heterocycles. The number of nitrogens with two attached hydrogens (primary N) is 1. The van der Waals surface area contributed by atoms with Crippen LogP contribution in [0.1, 0.15) is 0 Å². The van der Waals surface area contributed by atoms with Gasteiger partial charge < -0.3 is 10.5 Å². The Morgan fingerprint density at radius 3 is 2.50 bits per heavy atom. The van der Waals surface area contributed by atoms with E-state index in [1.54, 1.807) is 13.2 Å². The van der Waals surface area contributed by atoms with Gasteiger partial charge in [-0.05, 0) is 12.1 Å². The summed E-state index contributed by atoms with van der Waals surface area (Å²) >= 11 is 0. The van der Waals surface area contributed by atoms with E-state index >= 15 is 0 Å². The molecule has 0 unspecified atom stereocenters. The zero-order valence-electron chi connectivity index (χ0n) is 5.87. The molecule has 0 fully saturated rings. The molecule has 2 nitrogen and oxygen atoms in total. The highest BCUT2D eigenvalue weighted by molar-refractivity contribution is 5.75. The first-order valence-corrected chi connectivity index (χ1v) is 2.72. The third-order valence-corrected chi connectivity index (χ3v) is 1.09. The van der Waals surface area contributed by atoms with Gasteiger partial charge in [0.25, 0.3) is 0 Å². The smallest absolute Gasteiger partial charge is 0.120 e. The Kier molecular flexibility index (Phi) is 3.40. The van der Waals surface area contributed by atoms with Gasteiger partial charge >= 0.3 is 0 Å². The van der Waals surface area contributed by atoms with Crippen molar-refractivity contribution in [1.82, 2.24) is 0 Å². The number of nitrogen functional groups attached to an aromatic ring is 1. The van der Waals surface area contributed by atoms with E-state index in [1.165, 1.54) is 0 Å². The Morgan fingerprint density at radius 2 is 2.10 bits per heavy atom. The van der Waals surface area contributed by atoms with Gasteiger partial charge in [-0.25, -0.2) is 0 Å². The normalized spacial score (nSPS) is 8.10. The fourth-order valence-corrected chi connectivity index (χ4v) is 0.642. The first-order chi connectivity index (χ1) is 4.33. The Labute approximate surface area is 62.6 Å². The molecule has 0 aliphatic rings. The van der Waals surface area contributed by atoms with Crippen molar-refractivity contribution in [3.63, 3.8) is 0 Å². The zero-order valence-corrected chi connectivity index (χ0v) is 5.87. The number of hydrogen-bond acceptors (Lipinski definition) is 2. The summed E-state index contributed by atoms with van der Waals surface area (Å²) in [5.74, 6) is 0.801. The molecule has 3 radical (unpaired) electrons. The second kappa shape index (κ2) is 3.83. The van der Waals surface area contributed by atoms with E-state index in [9.17, 15) is 0 Å². The van der Waals surface area contributed by atoms with E-state index in [0.717, 1.165) is 11.4 Å². The predicted octanol–water partition coefficient (Wildman–Crippen LogP) is 0.897. The van der Waals surface area contributed by atoms with E-state index in [2.05, 4.69) is 0 Å². The number of ether oxygens (including phenoxy) is 1. The van der Waals surface area contributed by atoms with E-state index < -0.39 is 0 Å². The quantitative estimate of drug-likeness (QED) is 0.457. The highest BCUT2D eigenvalue weighted by Crippen LogP contribution is 2.12. The first-order valence-electron chi connectivity index (χ1n) is 2.72. The number of rotatable bonds is 1. The zero-order chi connectivity index (χ0) is 6.69.